The summed E-state index contributed by atoms with van der Waals surface area (Å²) in [6.07, 6.45) is 16.1. The zero-order valence-electron chi connectivity index (χ0n) is 35.7. The number of carbonyl (C=O) groups is 2. The van der Waals surface area contributed by atoms with Gasteiger partial charge in [0.1, 0.15) is 11.6 Å². The number of rotatable bonds is 17. The summed E-state index contributed by atoms with van der Waals surface area (Å²) in [6, 6.07) is 20.1. The molecule has 0 unspecified atom stereocenters. The fourth-order valence-electron chi connectivity index (χ4n) is 7.96. The smallest absolute Gasteiger partial charge is 0.310 e. The maximum atomic E-state index is 13.3. The maximum absolute atomic E-state index is 13.3. The molecule has 2 aliphatic carbocycles. The number of pyridine rings is 2. The standard InChI is InChI=1S/C24H33N2O6PS.C21H26N2O3S/c1-4-31-33(28,32-5-2)20-12-15-23(25-17-20)26-24(27)22(16-18-8-6-7-9-18)19-10-13-21(14-11-19)34(3,29)30;1-15-7-12-20(22-14-15)23-21(24)19(13-16-5-3-4-6-16)17-8-10-18(11-9-17)27(2,25)26/h10-15,17-18,22H,4-9,16H2,1-3H3,(H,25,26,27);7-12,14,16,19H,3-6,13H2,1-2H3,(H,22,23,24)/t22-;19-/m11/s1. The summed E-state index contributed by atoms with van der Waals surface area (Å²) in [5.41, 5.74) is 2.65. The molecule has 2 aliphatic rings. The average Bonchev–Trinajstić information content (AvgIpc) is 3.95. The van der Waals surface area contributed by atoms with Gasteiger partial charge in [0.05, 0.1) is 40.1 Å². The Balaban J connectivity index is 0.000000237. The predicted octanol–water partition coefficient (Wildman–Crippen LogP) is 8.78. The molecule has 2 aromatic carbocycles. The Morgan fingerprint density at radius 2 is 1.03 bits per heavy atom. The number of hydrogen-bond donors (Lipinski definition) is 2. The molecule has 16 heteroatoms. The van der Waals surface area contributed by atoms with Crippen LogP contribution in [-0.4, -0.2) is 64.3 Å². The van der Waals surface area contributed by atoms with Crippen LogP contribution in [0, 0.1) is 18.8 Å². The SMILES string of the molecule is CCOP(=O)(OCC)c1ccc(NC(=O)[C@H](CC2CCCC2)c2ccc(S(C)(=O)=O)cc2)nc1.Cc1ccc(NC(=O)[C@H](CC2CCCC2)c2ccc(S(C)(=O)=O)cc2)nc1. The summed E-state index contributed by atoms with van der Waals surface area (Å²) in [5.74, 6) is 0.792. The zero-order valence-corrected chi connectivity index (χ0v) is 38.2. The lowest BCUT2D eigenvalue weighted by Gasteiger charge is -2.21. The fourth-order valence-corrected chi connectivity index (χ4v) is 10.7. The van der Waals surface area contributed by atoms with E-state index in [9.17, 15) is 31.0 Å². The van der Waals surface area contributed by atoms with E-state index in [1.807, 2.05) is 13.0 Å². The number of aryl methyl sites for hydroxylation is 1. The van der Waals surface area contributed by atoms with E-state index in [-0.39, 0.29) is 40.7 Å². The number of amides is 2. The van der Waals surface area contributed by atoms with E-state index >= 15 is 0 Å². The first-order valence-corrected chi connectivity index (χ1v) is 26.3. The number of hydrogen-bond acceptors (Lipinski definition) is 11. The quantitative estimate of drug-likeness (QED) is 0.0965. The van der Waals surface area contributed by atoms with E-state index in [1.165, 1.54) is 25.3 Å². The van der Waals surface area contributed by atoms with Crippen LogP contribution in [0.2, 0.25) is 0 Å². The first-order chi connectivity index (χ1) is 29.0. The second-order valence-electron chi connectivity index (χ2n) is 16.0. The van der Waals surface area contributed by atoms with Gasteiger partial charge < -0.3 is 19.7 Å². The van der Waals surface area contributed by atoms with E-state index in [0.717, 1.165) is 67.9 Å². The first kappa shape index (κ1) is 47.8. The van der Waals surface area contributed by atoms with Crippen LogP contribution >= 0.6 is 7.60 Å². The van der Waals surface area contributed by atoms with Gasteiger partial charge in [0, 0.05) is 24.9 Å². The van der Waals surface area contributed by atoms with Gasteiger partial charge in [-0.1, -0.05) is 81.7 Å². The molecule has 330 valence electrons. The molecule has 2 aromatic heterocycles. The van der Waals surface area contributed by atoms with Crippen LogP contribution in [0.4, 0.5) is 11.6 Å². The van der Waals surface area contributed by atoms with Gasteiger partial charge in [-0.2, -0.15) is 0 Å². The Kier molecular flexibility index (Phi) is 17.0. The summed E-state index contributed by atoms with van der Waals surface area (Å²) in [7, 11) is -10.0. The summed E-state index contributed by atoms with van der Waals surface area (Å²) >= 11 is 0. The molecule has 2 atom stereocenters. The first-order valence-electron chi connectivity index (χ1n) is 21.0. The number of nitrogens with zero attached hydrogens (tertiary/aromatic N) is 2. The summed E-state index contributed by atoms with van der Waals surface area (Å²) in [5, 5.41) is 6.11. The van der Waals surface area contributed by atoms with Crippen LogP contribution in [-0.2, 0) is 42.9 Å². The minimum atomic E-state index is -3.46. The highest BCUT2D eigenvalue weighted by Gasteiger charge is 2.30. The highest BCUT2D eigenvalue weighted by molar-refractivity contribution is 7.91. The average molecular weight is 895 g/mol. The van der Waals surface area contributed by atoms with E-state index < -0.39 is 33.2 Å². The van der Waals surface area contributed by atoms with Crippen LogP contribution < -0.4 is 15.9 Å². The second-order valence-corrected chi connectivity index (χ2v) is 22.1. The minimum absolute atomic E-state index is 0.0923. The normalized spacial score (nSPS) is 16.0. The molecule has 2 heterocycles. The minimum Gasteiger partial charge on any atom is -0.310 e. The van der Waals surface area contributed by atoms with Crippen LogP contribution in [0.15, 0.2) is 95.0 Å². The third-order valence-corrected chi connectivity index (χ3v) is 15.6. The van der Waals surface area contributed by atoms with Gasteiger partial charge in [0.25, 0.3) is 0 Å². The van der Waals surface area contributed by atoms with Crippen molar-refractivity contribution < 1.29 is 40.0 Å². The van der Waals surface area contributed by atoms with Crippen molar-refractivity contribution >= 4 is 56.0 Å². The monoisotopic (exact) mass is 894 g/mol. The fraction of sp³-hybridized carbons (Fsp3) is 0.467. The number of benzene rings is 2. The highest BCUT2D eigenvalue weighted by Crippen LogP contribution is 2.46. The Labute approximate surface area is 361 Å². The molecular formula is C45H59N4O9PS2. The lowest BCUT2D eigenvalue weighted by atomic mass is 9.87. The molecule has 0 spiro atoms. The molecule has 2 saturated carbocycles. The second kappa shape index (κ2) is 21.7. The number of sulfone groups is 2. The Morgan fingerprint density at radius 1 is 0.639 bits per heavy atom. The van der Waals surface area contributed by atoms with Crippen molar-refractivity contribution in [3.8, 4) is 0 Å². The van der Waals surface area contributed by atoms with Gasteiger partial charge in [-0.05, 0) is 105 Å². The van der Waals surface area contributed by atoms with Gasteiger partial charge in [0.2, 0.25) is 11.8 Å². The molecule has 2 N–H and O–H groups in total. The summed E-state index contributed by atoms with van der Waals surface area (Å²) in [4.78, 5) is 35.3. The molecule has 2 fully saturated rings. The zero-order chi connectivity index (χ0) is 44.2. The van der Waals surface area contributed by atoms with Crippen LogP contribution in [0.3, 0.4) is 0 Å². The Morgan fingerprint density at radius 3 is 1.36 bits per heavy atom. The predicted molar refractivity (Wildman–Crippen MR) is 239 cm³/mol. The molecule has 2 amide bonds. The number of aromatic nitrogens is 2. The van der Waals surface area contributed by atoms with Gasteiger partial charge in [-0.25, -0.2) is 26.8 Å². The number of nitrogens with one attached hydrogen (secondary N) is 2. The molecule has 6 rings (SSSR count). The largest absolute Gasteiger partial charge is 0.362 e. The Bertz CT molecular complexity index is 2320. The van der Waals surface area contributed by atoms with Crippen LogP contribution in [0.1, 0.15) is 107 Å². The lowest BCUT2D eigenvalue weighted by Crippen LogP contribution is -2.24. The van der Waals surface area contributed by atoms with Gasteiger partial charge >= 0.3 is 7.60 Å². The van der Waals surface area contributed by atoms with Crippen molar-refractivity contribution in [3.05, 3.63) is 102 Å². The van der Waals surface area contributed by atoms with Crippen LogP contribution in [0.25, 0.3) is 0 Å². The number of anilines is 2. The molecule has 0 bridgehead atoms. The van der Waals surface area contributed by atoms with Crippen molar-refractivity contribution in [3.63, 3.8) is 0 Å². The lowest BCUT2D eigenvalue weighted by molar-refractivity contribution is -0.118. The Hall–Kier alpha value is -4.27. The van der Waals surface area contributed by atoms with E-state index in [4.69, 9.17) is 9.05 Å². The van der Waals surface area contributed by atoms with E-state index in [0.29, 0.717) is 35.2 Å². The van der Waals surface area contributed by atoms with Crippen molar-refractivity contribution in [2.75, 3.05) is 36.4 Å². The van der Waals surface area contributed by atoms with Gasteiger partial charge in [-0.3, -0.25) is 14.2 Å². The van der Waals surface area contributed by atoms with Gasteiger partial charge in [0.15, 0.2) is 19.7 Å². The van der Waals surface area contributed by atoms with Crippen molar-refractivity contribution in [1.29, 1.82) is 0 Å². The van der Waals surface area contributed by atoms with Crippen molar-refractivity contribution in [2.24, 2.45) is 11.8 Å². The van der Waals surface area contributed by atoms with Gasteiger partial charge in [-0.15, -0.1) is 0 Å². The molecule has 0 radical (unpaired) electrons. The summed E-state index contributed by atoms with van der Waals surface area (Å²) in [6.45, 7) is 5.89. The molecule has 13 nitrogen and oxygen atoms in total. The number of carbonyl (C=O) groups excluding carboxylic acids is 2. The topological polar surface area (TPSA) is 188 Å². The van der Waals surface area contributed by atoms with E-state index in [1.54, 1.807) is 86.8 Å². The van der Waals surface area contributed by atoms with Crippen molar-refractivity contribution in [2.45, 2.75) is 107 Å². The maximum Gasteiger partial charge on any atom is 0.362 e. The summed E-state index contributed by atoms with van der Waals surface area (Å²) < 4.78 is 70.7. The molecule has 0 saturated heterocycles. The molecule has 0 aliphatic heterocycles. The van der Waals surface area contributed by atoms with Crippen LogP contribution in [0.5, 0.6) is 0 Å². The third kappa shape index (κ3) is 13.9. The van der Waals surface area contributed by atoms with Crippen molar-refractivity contribution in [1.82, 2.24) is 9.97 Å². The van der Waals surface area contributed by atoms with E-state index in [2.05, 4.69) is 20.6 Å². The molecule has 61 heavy (non-hydrogen) atoms. The molecular weight excluding hydrogens is 836 g/mol. The third-order valence-electron chi connectivity index (χ3n) is 11.2. The highest BCUT2D eigenvalue weighted by atomic mass is 32.2. The molecule has 4 aromatic rings.